The van der Waals surface area contributed by atoms with Crippen LogP contribution in [0.25, 0.3) is 33.9 Å². The Hall–Kier alpha value is -3.13. The number of nitrogens with zero attached hydrogens (tertiary/aromatic N) is 6. The summed E-state index contributed by atoms with van der Waals surface area (Å²) in [6, 6.07) is 7.19. The van der Waals surface area contributed by atoms with E-state index in [2.05, 4.69) is 25.3 Å². The summed E-state index contributed by atoms with van der Waals surface area (Å²) in [5.74, 6) is 1.11. The number of hydrogen-bond donors (Lipinski definition) is 0. The molecule has 0 radical (unpaired) electrons. The lowest BCUT2D eigenvalue weighted by Crippen LogP contribution is -2.22. The van der Waals surface area contributed by atoms with Crippen LogP contribution < -0.4 is 5.56 Å². The van der Waals surface area contributed by atoms with E-state index in [0.29, 0.717) is 39.6 Å². The lowest BCUT2D eigenvalue weighted by atomic mass is 10.1. The van der Waals surface area contributed by atoms with Gasteiger partial charge in [-0.3, -0.25) is 4.79 Å². The highest BCUT2D eigenvalue weighted by atomic mass is 35.5. The van der Waals surface area contributed by atoms with Gasteiger partial charge in [-0.2, -0.15) is 5.10 Å². The van der Waals surface area contributed by atoms with Crippen LogP contribution in [0.3, 0.4) is 0 Å². The van der Waals surface area contributed by atoms with Crippen molar-refractivity contribution in [2.24, 2.45) is 0 Å². The van der Waals surface area contributed by atoms with Crippen molar-refractivity contribution in [3.8, 4) is 23.2 Å². The minimum atomic E-state index is -0.165. The van der Waals surface area contributed by atoms with Gasteiger partial charge in [0.2, 0.25) is 0 Å². The van der Waals surface area contributed by atoms with E-state index in [1.807, 2.05) is 26.8 Å². The highest BCUT2D eigenvalue weighted by Crippen LogP contribution is 2.29. The average Bonchev–Trinajstić information content (AvgIpc) is 3.18. The van der Waals surface area contributed by atoms with Crippen LogP contribution in [-0.2, 0) is 6.54 Å². The maximum absolute atomic E-state index is 12.5. The fraction of sp³-hybridized carbons (Fsp3) is 0.263. The molecule has 4 aromatic rings. The van der Waals surface area contributed by atoms with Crippen molar-refractivity contribution in [2.45, 2.75) is 33.2 Å². The van der Waals surface area contributed by atoms with Crippen LogP contribution in [0.5, 0.6) is 0 Å². The summed E-state index contributed by atoms with van der Waals surface area (Å²) in [6.07, 6.45) is 1.52. The first-order chi connectivity index (χ1) is 13.5. The molecule has 0 unspecified atom stereocenters. The van der Waals surface area contributed by atoms with E-state index in [1.54, 1.807) is 18.2 Å². The van der Waals surface area contributed by atoms with Crippen LogP contribution in [0, 0.1) is 0 Å². The molecule has 0 aliphatic heterocycles. The minimum Gasteiger partial charge on any atom is -0.413 e. The standard InChI is InChI=1S/C19H17ClN6O2/c1-4-26-19(27)12-8-6-5-7-11(12)14(25-26)17-23-24-18(28-17)15-13(20)9-21-16(22-15)10(2)3/h5-10H,4H2,1-3H3. The van der Waals surface area contributed by atoms with Gasteiger partial charge in [-0.25, -0.2) is 14.6 Å². The highest BCUT2D eigenvalue weighted by molar-refractivity contribution is 6.32. The third-order valence-electron chi connectivity index (χ3n) is 4.28. The van der Waals surface area contributed by atoms with Gasteiger partial charge in [0.05, 0.1) is 16.6 Å². The maximum atomic E-state index is 12.5. The molecule has 28 heavy (non-hydrogen) atoms. The van der Waals surface area contributed by atoms with Crippen molar-refractivity contribution in [1.82, 2.24) is 29.9 Å². The molecule has 0 saturated carbocycles. The predicted octanol–water partition coefficient (Wildman–Crippen LogP) is 3.70. The molecule has 3 aromatic heterocycles. The summed E-state index contributed by atoms with van der Waals surface area (Å²) >= 11 is 6.24. The number of aryl methyl sites for hydroxylation is 1. The van der Waals surface area contributed by atoms with E-state index >= 15 is 0 Å². The molecule has 0 N–H and O–H groups in total. The zero-order chi connectivity index (χ0) is 19.8. The molecule has 0 aliphatic rings. The summed E-state index contributed by atoms with van der Waals surface area (Å²) in [5.41, 5.74) is 0.638. The molecule has 0 aliphatic carbocycles. The van der Waals surface area contributed by atoms with E-state index in [0.717, 1.165) is 0 Å². The van der Waals surface area contributed by atoms with E-state index in [4.69, 9.17) is 16.0 Å². The molecule has 3 heterocycles. The van der Waals surface area contributed by atoms with E-state index < -0.39 is 0 Å². The van der Waals surface area contributed by atoms with Gasteiger partial charge < -0.3 is 4.42 Å². The van der Waals surface area contributed by atoms with Gasteiger partial charge in [0, 0.05) is 17.8 Å². The molecular formula is C19H17ClN6O2. The quantitative estimate of drug-likeness (QED) is 0.518. The van der Waals surface area contributed by atoms with Gasteiger partial charge in [0.15, 0.2) is 5.69 Å². The molecule has 9 heteroatoms. The highest BCUT2D eigenvalue weighted by Gasteiger charge is 2.20. The van der Waals surface area contributed by atoms with Crippen LogP contribution in [0.1, 0.15) is 32.5 Å². The molecule has 4 rings (SSSR count). The first kappa shape index (κ1) is 18.2. The zero-order valence-electron chi connectivity index (χ0n) is 15.5. The summed E-state index contributed by atoms with van der Waals surface area (Å²) in [4.78, 5) is 21.2. The fourth-order valence-electron chi connectivity index (χ4n) is 2.83. The lowest BCUT2D eigenvalue weighted by Gasteiger charge is -2.07. The van der Waals surface area contributed by atoms with Crippen molar-refractivity contribution in [1.29, 1.82) is 0 Å². The second-order valence-corrected chi connectivity index (χ2v) is 6.91. The van der Waals surface area contributed by atoms with Crippen LogP contribution in [0.4, 0.5) is 0 Å². The number of aromatic nitrogens is 6. The fourth-order valence-corrected chi connectivity index (χ4v) is 3.00. The maximum Gasteiger partial charge on any atom is 0.274 e. The number of rotatable bonds is 4. The molecule has 0 bridgehead atoms. The van der Waals surface area contributed by atoms with E-state index in [1.165, 1.54) is 10.9 Å². The molecule has 0 amide bonds. The summed E-state index contributed by atoms with van der Waals surface area (Å²) < 4.78 is 7.22. The Morgan fingerprint density at radius 2 is 1.79 bits per heavy atom. The first-order valence-electron chi connectivity index (χ1n) is 8.86. The van der Waals surface area contributed by atoms with Crippen molar-refractivity contribution in [3.05, 3.63) is 51.7 Å². The molecule has 8 nitrogen and oxygen atoms in total. The number of hydrogen-bond acceptors (Lipinski definition) is 7. The van der Waals surface area contributed by atoms with Gasteiger partial charge in [0.25, 0.3) is 17.3 Å². The summed E-state index contributed by atoms with van der Waals surface area (Å²) in [5, 5.41) is 14.1. The second-order valence-electron chi connectivity index (χ2n) is 6.51. The third kappa shape index (κ3) is 3.05. The van der Waals surface area contributed by atoms with Gasteiger partial charge in [0.1, 0.15) is 11.5 Å². The van der Waals surface area contributed by atoms with Gasteiger partial charge >= 0.3 is 0 Å². The molecular weight excluding hydrogens is 380 g/mol. The summed E-state index contributed by atoms with van der Waals surface area (Å²) in [7, 11) is 0. The van der Waals surface area contributed by atoms with Crippen molar-refractivity contribution in [2.75, 3.05) is 0 Å². The normalized spacial score (nSPS) is 11.5. The van der Waals surface area contributed by atoms with Crippen LogP contribution in [0.15, 0.2) is 39.7 Å². The van der Waals surface area contributed by atoms with Crippen molar-refractivity contribution >= 4 is 22.4 Å². The second kappa shape index (κ2) is 7.12. The minimum absolute atomic E-state index is 0.122. The molecule has 142 valence electrons. The molecule has 0 spiro atoms. The van der Waals surface area contributed by atoms with Gasteiger partial charge in [-0.1, -0.05) is 43.6 Å². The monoisotopic (exact) mass is 396 g/mol. The molecule has 0 atom stereocenters. The van der Waals surface area contributed by atoms with E-state index in [9.17, 15) is 4.79 Å². The van der Waals surface area contributed by atoms with Crippen molar-refractivity contribution in [3.63, 3.8) is 0 Å². The van der Waals surface area contributed by atoms with Gasteiger partial charge in [-0.15, -0.1) is 10.2 Å². The first-order valence-corrected chi connectivity index (χ1v) is 9.24. The Bertz CT molecular complexity index is 1230. The lowest BCUT2D eigenvalue weighted by molar-refractivity contribution is 0.567. The predicted molar refractivity (Wildman–Crippen MR) is 105 cm³/mol. The van der Waals surface area contributed by atoms with E-state index in [-0.39, 0.29) is 23.3 Å². The Morgan fingerprint density at radius 1 is 1.11 bits per heavy atom. The third-order valence-corrected chi connectivity index (χ3v) is 4.55. The van der Waals surface area contributed by atoms with Crippen LogP contribution in [-0.4, -0.2) is 29.9 Å². The Morgan fingerprint density at radius 3 is 2.46 bits per heavy atom. The molecule has 1 aromatic carbocycles. The Labute approximate surface area is 165 Å². The SMILES string of the molecule is CCn1nc(-c2nnc(-c3nc(C(C)C)ncc3Cl)o2)c2ccccc2c1=O. The molecule has 0 fully saturated rings. The topological polar surface area (TPSA) is 99.6 Å². The van der Waals surface area contributed by atoms with Crippen LogP contribution >= 0.6 is 11.6 Å². The smallest absolute Gasteiger partial charge is 0.274 e. The summed E-state index contributed by atoms with van der Waals surface area (Å²) in [6.45, 7) is 6.24. The number of fused-ring (bicyclic) bond motifs is 1. The number of benzene rings is 1. The number of halogens is 1. The van der Waals surface area contributed by atoms with Crippen molar-refractivity contribution < 1.29 is 4.42 Å². The molecule has 0 saturated heterocycles. The van der Waals surface area contributed by atoms with Gasteiger partial charge in [-0.05, 0) is 13.0 Å². The largest absolute Gasteiger partial charge is 0.413 e. The Kier molecular flexibility index (Phi) is 4.64. The average molecular weight is 397 g/mol. The Balaban J connectivity index is 1.89. The zero-order valence-corrected chi connectivity index (χ0v) is 16.3. The van der Waals surface area contributed by atoms with Crippen LogP contribution in [0.2, 0.25) is 5.02 Å².